The molecular weight excluding hydrogens is 364 g/mol. The number of aromatic nitrogens is 3. The fraction of sp³-hybridized carbons (Fsp3) is 0.150. The summed E-state index contributed by atoms with van der Waals surface area (Å²) in [7, 11) is 0. The van der Waals surface area contributed by atoms with Crippen molar-refractivity contribution in [2.45, 2.75) is 12.3 Å². The number of anilines is 1. The summed E-state index contributed by atoms with van der Waals surface area (Å²) in [6, 6.07) is 15.2. The Morgan fingerprint density at radius 2 is 2.07 bits per heavy atom. The van der Waals surface area contributed by atoms with Crippen molar-refractivity contribution >= 4 is 34.1 Å². The highest BCUT2D eigenvalue weighted by Crippen LogP contribution is 2.33. The van der Waals surface area contributed by atoms with Gasteiger partial charge < -0.3 is 14.4 Å². The van der Waals surface area contributed by atoms with Crippen LogP contribution in [0.4, 0.5) is 5.69 Å². The molecule has 1 fully saturated rings. The molecular formula is C20H15ClN4O2. The summed E-state index contributed by atoms with van der Waals surface area (Å²) in [6.45, 7) is 0.506. The lowest BCUT2D eigenvalue weighted by molar-refractivity contribution is -0.117. The van der Waals surface area contributed by atoms with Crippen LogP contribution in [0.15, 0.2) is 59.3 Å². The van der Waals surface area contributed by atoms with Gasteiger partial charge in [-0.2, -0.15) is 4.98 Å². The summed E-state index contributed by atoms with van der Waals surface area (Å²) in [5.74, 6) is 0.931. The first-order chi connectivity index (χ1) is 13.2. The van der Waals surface area contributed by atoms with E-state index in [2.05, 4.69) is 15.1 Å². The molecule has 27 heavy (non-hydrogen) atoms. The van der Waals surface area contributed by atoms with E-state index in [1.54, 1.807) is 17.0 Å². The van der Waals surface area contributed by atoms with E-state index in [1.807, 2.05) is 42.6 Å². The van der Waals surface area contributed by atoms with Gasteiger partial charge in [-0.3, -0.25) is 4.79 Å². The molecule has 0 spiro atoms. The molecule has 134 valence electrons. The van der Waals surface area contributed by atoms with Crippen LogP contribution in [0.2, 0.25) is 5.02 Å². The SMILES string of the molecule is O=C1CC(c2noc(-c3cccc4[nH]ccc34)n2)CN1c1cccc(Cl)c1. The molecule has 1 N–H and O–H groups in total. The molecule has 6 nitrogen and oxygen atoms in total. The third kappa shape index (κ3) is 2.78. The Kier molecular flexibility index (Phi) is 3.72. The van der Waals surface area contributed by atoms with Gasteiger partial charge in [0.2, 0.25) is 5.91 Å². The van der Waals surface area contributed by atoms with Crippen LogP contribution in [0.25, 0.3) is 22.4 Å². The van der Waals surface area contributed by atoms with Crippen LogP contribution in [0.1, 0.15) is 18.2 Å². The second kappa shape index (κ2) is 6.25. The number of H-pyrrole nitrogens is 1. The summed E-state index contributed by atoms with van der Waals surface area (Å²) in [5.41, 5.74) is 2.68. The zero-order valence-electron chi connectivity index (χ0n) is 14.2. The van der Waals surface area contributed by atoms with E-state index in [1.165, 1.54) is 0 Å². The molecule has 5 rings (SSSR count). The third-order valence-corrected chi connectivity index (χ3v) is 5.11. The van der Waals surface area contributed by atoms with Crippen molar-refractivity contribution in [1.29, 1.82) is 0 Å². The van der Waals surface area contributed by atoms with Gasteiger partial charge in [0.25, 0.3) is 5.89 Å². The van der Waals surface area contributed by atoms with Crippen LogP contribution in [0.3, 0.4) is 0 Å². The molecule has 1 aliphatic rings. The Labute approximate surface area is 159 Å². The molecule has 3 heterocycles. The number of hydrogen-bond donors (Lipinski definition) is 1. The molecule has 4 aromatic rings. The highest BCUT2D eigenvalue weighted by Gasteiger charge is 2.34. The number of rotatable bonds is 3. The van der Waals surface area contributed by atoms with Crippen LogP contribution in [-0.2, 0) is 4.79 Å². The minimum atomic E-state index is -0.112. The Morgan fingerprint density at radius 1 is 1.19 bits per heavy atom. The van der Waals surface area contributed by atoms with Gasteiger partial charge in [0.15, 0.2) is 5.82 Å². The average Bonchev–Trinajstić information content (AvgIpc) is 3.40. The lowest BCUT2D eigenvalue weighted by Gasteiger charge is -2.16. The topological polar surface area (TPSA) is 75.0 Å². The Morgan fingerprint density at radius 3 is 2.96 bits per heavy atom. The number of carbonyl (C=O) groups is 1. The van der Waals surface area contributed by atoms with E-state index in [9.17, 15) is 4.79 Å². The van der Waals surface area contributed by atoms with Gasteiger partial charge in [-0.1, -0.05) is 28.9 Å². The van der Waals surface area contributed by atoms with Crippen LogP contribution in [0.5, 0.6) is 0 Å². The van der Waals surface area contributed by atoms with E-state index in [0.29, 0.717) is 29.7 Å². The minimum Gasteiger partial charge on any atom is -0.361 e. The fourth-order valence-corrected chi connectivity index (χ4v) is 3.74. The van der Waals surface area contributed by atoms with Gasteiger partial charge in [0.1, 0.15) is 0 Å². The fourth-order valence-electron chi connectivity index (χ4n) is 3.56. The van der Waals surface area contributed by atoms with Crippen LogP contribution >= 0.6 is 11.6 Å². The van der Waals surface area contributed by atoms with Gasteiger partial charge in [-0.25, -0.2) is 0 Å². The number of aromatic amines is 1. The number of carbonyl (C=O) groups excluding carboxylic acids is 1. The van der Waals surface area contributed by atoms with Crippen molar-refractivity contribution in [3.05, 3.63) is 65.6 Å². The van der Waals surface area contributed by atoms with Gasteiger partial charge in [0, 0.05) is 52.3 Å². The maximum Gasteiger partial charge on any atom is 0.258 e. The molecule has 0 radical (unpaired) electrons. The number of hydrogen-bond acceptors (Lipinski definition) is 4. The molecule has 1 aliphatic heterocycles. The second-order valence-corrected chi connectivity index (χ2v) is 7.02. The number of halogens is 1. The summed E-state index contributed by atoms with van der Waals surface area (Å²) < 4.78 is 5.51. The number of fused-ring (bicyclic) bond motifs is 1. The molecule has 1 saturated heterocycles. The van der Waals surface area contributed by atoms with Crippen LogP contribution < -0.4 is 4.90 Å². The lowest BCUT2D eigenvalue weighted by atomic mass is 10.1. The maximum atomic E-state index is 12.5. The van der Waals surface area contributed by atoms with Crippen molar-refractivity contribution in [1.82, 2.24) is 15.1 Å². The molecule has 0 bridgehead atoms. The summed E-state index contributed by atoms with van der Waals surface area (Å²) in [4.78, 5) is 22.0. The van der Waals surface area contributed by atoms with Gasteiger partial charge >= 0.3 is 0 Å². The molecule has 0 saturated carbocycles. The van der Waals surface area contributed by atoms with E-state index in [4.69, 9.17) is 16.1 Å². The molecule has 7 heteroatoms. The molecule has 2 aromatic heterocycles. The number of nitrogens with zero attached hydrogens (tertiary/aromatic N) is 3. The monoisotopic (exact) mass is 378 g/mol. The molecule has 2 aromatic carbocycles. The molecule has 0 aliphatic carbocycles. The predicted octanol–water partition coefficient (Wildman–Crippen LogP) is 4.39. The normalized spacial score (nSPS) is 17.1. The minimum absolute atomic E-state index is 0.0290. The van der Waals surface area contributed by atoms with Crippen molar-refractivity contribution in [2.75, 3.05) is 11.4 Å². The first kappa shape index (κ1) is 16.1. The van der Waals surface area contributed by atoms with Gasteiger partial charge in [0.05, 0.1) is 0 Å². The number of amides is 1. The quantitative estimate of drug-likeness (QED) is 0.573. The van der Waals surface area contributed by atoms with Gasteiger partial charge in [-0.15, -0.1) is 0 Å². The highest BCUT2D eigenvalue weighted by molar-refractivity contribution is 6.30. The van der Waals surface area contributed by atoms with Crippen LogP contribution in [-0.4, -0.2) is 27.6 Å². The van der Waals surface area contributed by atoms with Crippen molar-refractivity contribution < 1.29 is 9.32 Å². The number of benzene rings is 2. The zero-order valence-corrected chi connectivity index (χ0v) is 15.0. The smallest absolute Gasteiger partial charge is 0.258 e. The summed E-state index contributed by atoms with van der Waals surface area (Å²) in [6.07, 6.45) is 2.23. The van der Waals surface area contributed by atoms with E-state index < -0.39 is 0 Å². The van der Waals surface area contributed by atoms with Crippen molar-refractivity contribution in [3.8, 4) is 11.5 Å². The predicted molar refractivity (Wildman–Crippen MR) is 103 cm³/mol. The first-order valence-corrected chi connectivity index (χ1v) is 9.03. The van der Waals surface area contributed by atoms with E-state index in [-0.39, 0.29) is 11.8 Å². The largest absolute Gasteiger partial charge is 0.361 e. The lowest BCUT2D eigenvalue weighted by Crippen LogP contribution is -2.24. The average molecular weight is 379 g/mol. The second-order valence-electron chi connectivity index (χ2n) is 6.59. The standard InChI is InChI=1S/C20H15ClN4O2/c21-13-3-1-4-14(10-13)25-11-12(9-18(25)26)19-23-20(27-24-19)16-5-2-6-17-15(16)7-8-22-17/h1-8,10,12,22H,9,11H2. The Hall–Kier alpha value is -3.12. The third-order valence-electron chi connectivity index (χ3n) is 4.88. The van der Waals surface area contributed by atoms with Crippen LogP contribution in [0, 0.1) is 0 Å². The van der Waals surface area contributed by atoms with Crippen molar-refractivity contribution in [3.63, 3.8) is 0 Å². The first-order valence-electron chi connectivity index (χ1n) is 8.65. The zero-order chi connectivity index (χ0) is 18.4. The molecule has 1 amide bonds. The highest BCUT2D eigenvalue weighted by atomic mass is 35.5. The van der Waals surface area contributed by atoms with E-state index in [0.717, 1.165) is 22.2 Å². The van der Waals surface area contributed by atoms with Gasteiger partial charge in [-0.05, 0) is 36.4 Å². The summed E-state index contributed by atoms with van der Waals surface area (Å²) >= 11 is 6.05. The van der Waals surface area contributed by atoms with Crippen molar-refractivity contribution in [2.24, 2.45) is 0 Å². The van der Waals surface area contributed by atoms with E-state index >= 15 is 0 Å². The molecule has 1 unspecified atom stereocenters. The summed E-state index contributed by atoms with van der Waals surface area (Å²) in [5, 5.41) is 5.77. The molecule has 1 atom stereocenters. The Balaban J connectivity index is 1.44. The number of nitrogens with one attached hydrogen (secondary N) is 1. The Bertz CT molecular complexity index is 1150. The maximum absolute atomic E-state index is 12.5.